The number of rotatable bonds is 3. The largest absolute Gasteiger partial charge is 0.378 e. The van der Waals surface area contributed by atoms with Crippen molar-refractivity contribution in [1.29, 1.82) is 0 Å². The molecule has 2 aliphatic carbocycles. The number of hydrogen-bond acceptors (Lipinski definition) is 3. The summed E-state index contributed by atoms with van der Waals surface area (Å²) in [5, 5.41) is 0. The Morgan fingerprint density at radius 3 is 2.23 bits per heavy atom. The zero-order valence-corrected chi connectivity index (χ0v) is 18.1. The smallest absolute Gasteiger partial charge is 0.200 e. The van der Waals surface area contributed by atoms with Crippen molar-refractivity contribution in [2.75, 3.05) is 57.5 Å². The minimum absolute atomic E-state index is 0.825. The predicted octanol–water partition coefficient (Wildman–Crippen LogP) is 4.16. The number of ether oxygens (including phenoxy) is 2. The molecule has 2 saturated heterocycles. The van der Waals surface area contributed by atoms with Crippen molar-refractivity contribution in [2.45, 2.75) is 12.8 Å². The number of hydrogen-bond donors (Lipinski definition) is 0. The van der Waals surface area contributed by atoms with E-state index in [0.717, 1.165) is 65.4 Å². The molecule has 0 N–H and O–H groups in total. The number of anilines is 1. The van der Waals surface area contributed by atoms with Crippen LogP contribution in [0.1, 0.15) is 18.4 Å². The number of benzene rings is 1. The predicted molar refractivity (Wildman–Crippen MR) is 127 cm³/mol. The molecular weight excluding hydrogens is 384 g/mol. The highest BCUT2D eigenvalue weighted by atomic mass is 16.5. The van der Waals surface area contributed by atoms with Gasteiger partial charge in [0.15, 0.2) is 18.8 Å². The van der Waals surface area contributed by atoms with E-state index in [1.54, 1.807) is 0 Å². The van der Waals surface area contributed by atoms with Crippen LogP contribution in [0.15, 0.2) is 77.4 Å². The van der Waals surface area contributed by atoms with E-state index in [4.69, 9.17) is 9.47 Å². The van der Waals surface area contributed by atoms with Gasteiger partial charge in [-0.3, -0.25) is 0 Å². The molecule has 4 aliphatic rings. The van der Waals surface area contributed by atoms with E-state index in [0.29, 0.717) is 0 Å². The lowest BCUT2D eigenvalue weighted by molar-refractivity contribution is -0.547. The van der Waals surface area contributed by atoms with Gasteiger partial charge < -0.3 is 14.4 Å². The minimum atomic E-state index is 0.825. The summed E-state index contributed by atoms with van der Waals surface area (Å²) < 4.78 is 13.3. The quantitative estimate of drug-likeness (QED) is 0.693. The van der Waals surface area contributed by atoms with E-state index in [2.05, 4.69) is 76.3 Å². The molecule has 0 atom stereocenters. The highest BCUT2D eigenvalue weighted by Gasteiger charge is 2.16. The van der Waals surface area contributed by atoms with E-state index in [1.165, 1.54) is 33.7 Å². The van der Waals surface area contributed by atoms with Crippen LogP contribution in [0.3, 0.4) is 0 Å². The van der Waals surface area contributed by atoms with Crippen molar-refractivity contribution in [3.63, 3.8) is 0 Å². The van der Waals surface area contributed by atoms with Gasteiger partial charge in [-0.25, -0.2) is 4.58 Å². The van der Waals surface area contributed by atoms with Crippen LogP contribution in [0.5, 0.6) is 0 Å². The van der Waals surface area contributed by atoms with Crippen LogP contribution in [-0.2, 0) is 9.47 Å². The van der Waals surface area contributed by atoms with Gasteiger partial charge >= 0.3 is 0 Å². The lowest BCUT2D eigenvalue weighted by atomic mass is 10.0. The molecule has 2 fully saturated rings. The van der Waals surface area contributed by atoms with Gasteiger partial charge in [0.2, 0.25) is 0 Å². The first kappa shape index (κ1) is 20.2. The van der Waals surface area contributed by atoms with Gasteiger partial charge in [0, 0.05) is 30.9 Å². The van der Waals surface area contributed by atoms with Gasteiger partial charge in [-0.15, -0.1) is 0 Å². The van der Waals surface area contributed by atoms with Gasteiger partial charge in [-0.2, -0.15) is 0 Å². The maximum atomic E-state index is 5.45. The Balaban J connectivity index is 1.23. The molecule has 0 aromatic heterocycles. The Morgan fingerprint density at radius 1 is 0.774 bits per heavy atom. The average Bonchev–Trinajstić information content (AvgIpc) is 3.28. The fraction of sp³-hybridized carbons (Fsp3) is 0.370. The standard InChI is InChI=1S/C27H31N2O2/c1-2-25(20-23-5-9-27(10-6-23)29-13-17-31-18-14-29)21-24(1)19-22-3-7-26(8-4-22)28-11-15-30-16-12-28/h3-10,19-21H,1-2,11-18H2/q+1. The zero-order chi connectivity index (χ0) is 20.9. The van der Waals surface area contributed by atoms with Crippen molar-refractivity contribution in [2.24, 2.45) is 0 Å². The third-order valence-corrected chi connectivity index (χ3v) is 6.32. The molecule has 0 bridgehead atoms. The summed E-state index contributed by atoms with van der Waals surface area (Å²) in [6.07, 6.45) is 18.2. The van der Waals surface area contributed by atoms with Gasteiger partial charge in [-0.05, 0) is 59.4 Å². The first-order chi connectivity index (χ1) is 15.3. The second-order valence-electron chi connectivity index (χ2n) is 8.46. The molecule has 2 heterocycles. The maximum Gasteiger partial charge on any atom is 0.200 e. The molecule has 4 heteroatoms. The van der Waals surface area contributed by atoms with E-state index >= 15 is 0 Å². The lowest BCUT2D eigenvalue weighted by Gasteiger charge is -2.28. The highest BCUT2D eigenvalue weighted by Crippen LogP contribution is 2.28. The molecule has 1 aromatic carbocycles. The molecular formula is C27H31N2O2+. The van der Waals surface area contributed by atoms with Crippen molar-refractivity contribution in [3.05, 3.63) is 83.0 Å². The van der Waals surface area contributed by atoms with Crippen LogP contribution in [0.4, 0.5) is 5.69 Å². The number of morpholine rings is 2. The van der Waals surface area contributed by atoms with Crippen LogP contribution in [0, 0.1) is 0 Å². The Labute approximate surface area is 185 Å². The summed E-state index contributed by atoms with van der Waals surface area (Å²) in [5.41, 5.74) is 7.97. The molecule has 2 aliphatic heterocycles. The highest BCUT2D eigenvalue weighted by molar-refractivity contribution is 6.02. The second-order valence-corrected chi connectivity index (χ2v) is 8.46. The van der Waals surface area contributed by atoms with Crippen LogP contribution in [0.25, 0.3) is 6.08 Å². The van der Waals surface area contributed by atoms with Crippen LogP contribution >= 0.6 is 0 Å². The topological polar surface area (TPSA) is 24.7 Å². The van der Waals surface area contributed by atoms with Crippen molar-refractivity contribution < 1.29 is 14.0 Å². The lowest BCUT2D eigenvalue weighted by Crippen LogP contribution is -2.36. The average molecular weight is 416 g/mol. The third kappa shape index (κ3) is 5.15. The number of nitrogens with zero attached hydrogens (tertiary/aromatic N) is 2. The molecule has 0 saturated carbocycles. The molecule has 5 rings (SSSR count). The van der Waals surface area contributed by atoms with E-state index in [9.17, 15) is 0 Å². The maximum absolute atomic E-state index is 5.45. The van der Waals surface area contributed by atoms with Gasteiger partial charge in [0.25, 0.3) is 0 Å². The normalized spacial score (nSPS) is 23.0. The summed E-state index contributed by atoms with van der Waals surface area (Å²) in [7, 11) is 0. The SMILES string of the molecule is C1=CC(=[N+]2CCOCC2)C=CC1=CC1=C/C(=C/c2ccc(N3CCOCC3)cc2)CC1. The summed E-state index contributed by atoms with van der Waals surface area (Å²) in [5.74, 6) is 0. The van der Waals surface area contributed by atoms with Gasteiger partial charge in [0.05, 0.1) is 13.2 Å². The van der Waals surface area contributed by atoms with Crippen LogP contribution in [0.2, 0.25) is 0 Å². The molecule has 1 aromatic rings. The molecule has 0 radical (unpaired) electrons. The van der Waals surface area contributed by atoms with Gasteiger partial charge in [0.1, 0.15) is 13.2 Å². The fourth-order valence-electron chi connectivity index (χ4n) is 4.53. The summed E-state index contributed by atoms with van der Waals surface area (Å²) >= 11 is 0. The van der Waals surface area contributed by atoms with E-state index in [-0.39, 0.29) is 0 Å². The Kier molecular flexibility index (Phi) is 6.28. The fourth-order valence-corrected chi connectivity index (χ4v) is 4.53. The number of allylic oxidation sites excluding steroid dienone is 9. The summed E-state index contributed by atoms with van der Waals surface area (Å²) in [6.45, 7) is 7.23. The Bertz CT molecular complexity index is 961. The van der Waals surface area contributed by atoms with Crippen molar-refractivity contribution in [1.82, 2.24) is 0 Å². The molecule has 4 nitrogen and oxygen atoms in total. The summed E-state index contributed by atoms with van der Waals surface area (Å²) in [6, 6.07) is 8.94. The van der Waals surface area contributed by atoms with Crippen molar-refractivity contribution >= 4 is 17.5 Å². The van der Waals surface area contributed by atoms with Crippen molar-refractivity contribution in [3.8, 4) is 0 Å². The van der Waals surface area contributed by atoms with E-state index in [1.807, 2.05) is 0 Å². The first-order valence-electron chi connectivity index (χ1n) is 11.4. The second kappa shape index (κ2) is 9.63. The molecule has 0 amide bonds. The minimum Gasteiger partial charge on any atom is -0.378 e. The van der Waals surface area contributed by atoms with E-state index < -0.39 is 0 Å². The molecule has 0 spiro atoms. The third-order valence-electron chi connectivity index (χ3n) is 6.32. The van der Waals surface area contributed by atoms with Crippen LogP contribution in [-0.4, -0.2) is 62.9 Å². The molecule has 160 valence electrons. The molecule has 0 unspecified atom stereocenters. The Hall–Kier alpha value is -2.69. The molecule has 31 heavy (non-hydrogen) atoms. The summed E-state index contributed by atoms with van der Waals surface area (Å²) in [4.78, 5) is 2.40. The first-order valence-corrected chi connectivity index (χ1v) is 11.4. The van der Waals surface area contributed by atoms with Gasteiger partial charge in [-0.1, -0.05) is 30.4 Å². The zero-order valence-electron chi connectivity index (χ0n) is 18.1. The Morgan fingerprint density at radius 2 is 1.48 bits per heavy atom. The monoisotopic (exact) mass is 415 g/mol. The van der Waals surface area contributed by atoms with Crippen LogP contribution < -0.4 is 4.90 Å².